The molecular formula is C18H15Cl. The van der Waals surface area contributed by atoms with Crippen molar-refractivity contribution in [2.45, 2.75) is 11.8 Å². The van der Waals surface area contributed by atoms with Crippen LogP contribution < -0.4 is 0 Å². The Balaban J connectivity index is 1.85. The highest BCUT2D eigenvalue weighted by Crippen LogP contribution is 2.26. The van der Waals surface area contributed by atoms with Crippen LogP contribution in [0.15, 0.2) is 72.8 Å². The number of fused-ring (bicyclic) bond motifs is 1. The molecule has 3 rings (SSSR count). The van der Waals surface area contributed by atoms with Gasteiger partial charge in [0, 0.05) is 0 Å². The Hall–Kier alpha value is -1.79. The summed E-state index contributed by atoms with van der Waals surface area (Å²) in [5.41, 5.74) is 2.46. The lowest BCUT2D eigenvalue weighted by atomic mass is 10.0. The number of benzene rings is 3. The van der Waals surface area contributed by atoms with Crippen molar-refractivity contribution in [2.75, 3.05) is 0 Å². The van der Waals surface area contributed by atoms with Crippen LogP contribution in [-0.4, -0.2) is 0 Å². The van der Waals surface area contributed by atoms with Crippen LogP contribution in [0, 0.1) is 0 Å². The molecule has 0 bridgehead atoms. The third-order valence-corrected chi connectivity index (χ3v) is 3.80. The van der Waals surface area contributed by atoms with Gasteiger partial charge in [-0.15, -0.1) is 11.6 Å². The molecule has 0 amide bonds. The largest absolute Gasteiger partial charge is 0.117 e. The second kappa shape index (κ2) is 5.46. The van der Waals surface area contributed by atoms with E-state index in [2.05, 4.69) is 54.6 Å². The zero-order valence-corrected chi connectivity index (χ0v) is 11.3. The van der Waals surface area contributed by atoms with Crippen molar-refractivity contribution >= 4 is 22.4 Å². The highest BCUT2D eigenvalue weighted by molar-refractivity contribution is 6.20. The molecule has 0 radical (unpaired) electrons. The van der Waals surface area contributed by atoms with Gasteiger partial charge in [-0.1, -0.05) is 72.8 Å². The van der Waals surface area contributed by atoms with Gasteiger partial charge in [0.15, 0.2) is 0 Å². The first-order chi connectivity index (χ1) is 9.33. The number of alkyl halides is 1. The lowest BCUT2D eigenvalue weighted by Crippen LogP contribution is -1.95. The summed E-state index contributed by atoms with van der Waals surface area (Å²) in [7, 11) is 0. The van der Waals surface area contributed by atoms with Crippen molar-refractivity contribution in [3.63, 3.8) is 0 Å². The van der Waals surface area contributed by atoms with E-state index >= 15 is 0 Å². The second-order valence-corrected chi connectivity index (χ2v) is 5.29. The molecular weight excluding hydrogens is 252 g/mol. The van der Waals surface area contributed by atoms with E-state index in [9.17, 15) is 0 Å². The molecule has 0 saturated carbocycles. The molecule has 0 N–H and O–H groups in total. The molecule has 3 aromatic rings. The van der Waals surface area contributed by atoms with Crippen molar-refractivity contribution in [3.05, 3.63) is 83.9 Å². The van der Waals surface area contributed by atoms with Crippen molar-refractivity contribution in [1.82, 2.24) is 0 Å². The fourth-order valence-electron chi connectivity index (χ4n) is 2.35. The van der Waals surface area contributed by atoms with Gasteiger partial charge in [0.1, 0.15) is 0 Å². The minimum atomic E-state index is 0.0300. The summed E-state index contributed by atoms with van der Waals surface area (Å²) in [5.74, 6) is 0. The monoisotopic (exact) mass is 266 g/mol. The first kappa shape index (κ1) is 12.3. The van der Waals surface area contributed by atoms with Crippen LogP contribution in [0.2, 0.25) is 0 Å². The van der Waals surface area contributed by atoms with Crippen molar-refractivity contribution in [3.8, 4) is 0 Å². The molecule has 0 spiro atoms. The topological polar surface area (TPSA) is 0 Å². The van der Waals surface area contributed by atoms with E-state index in [0.717, 1.165) is 6.42 Å². The van der Waals surface area contributed by atoms with Crippen LogP contribution in [0.3, 0.4) is 0 Å². The van der Waals surface area contributed by atoms with E-state index in [1.165, 1.54) is 21.9 Å². The van der Waals surface area contributed by atoms with E-state index in [0.29, 0.717) is 0 Å². The number of rotatable bonds is 3. The summed E-state index contributed by atoms with van der Waals surface area (Å²) in [6, 6.07) is 25.2. The van der Waals surface area contributed by atoms with Crippen molar-refractivity contribution in [1.29, 1.82) is 0 Å². The van der Waals surface area contributed by atoms with Crippen molar-refractivity contribution in [2.24, 2.45) is 0 Å². The van der Waals surface area contributed by atoms with Gasteiger partial charge in [-0.25, -0.2) is 0 Å². The number of hydrogen-bond donors (Lipinski definition) is 0. The fourth-order valence-corrected chi connectivity index (χ4v) is 2.68. The molecule has 0 aromatic heterocycles. The Labute approximate surface area is 118 Å². The second-order valence-electron chi connectivity index (χ2n) is 4.76. The highest BCUT2D eigenvalue weighted by atomic mass is 35.5. The Kier molecular flexibility index (Phi) is 3.52. The third-order valence-electron chi connectivity index (χ3n) is 3.39. The Bertz CT molecular complexity index is 673. The van der Waals surface area contributed by atoms with Crippen LogP contribution in [0.4, 0.5) is 0 Å². The Morgan fingerprint density at radius 1 is 0.737 bits per heavy atom. The molecule has 1 unspecified atom stereocenters. The quantitative estimate of drug-likeness (QED) is 0.560. The molecule has 94 valence electrons. The van der Waals surface area contributed by atoms with E-state index in [1.54, 1.807) is 0 Å². The minimum absolute atomic E-state index is 0.0300. The molecule has 19 heavy (non-hydrogen) atoms. The molecule has 0 fully saturated rings. The van der Waals surface area contributed by atoms with Crippen LogP contribution in [-0.2, 0) is 6.42 Å². The average Bonchev–Trinajstić information content (AvgIpc) is 2.48. The van der Waals surface area contributed by atoms with E-state index in [1.807, 2.05) is 18.2 Å². The summed E-state index contributed by atoms with van der Waals surface area (Å²) < 4.78 is 0. The van der Waals surface area contributed by atoms with Gasteiger partial charge in [0.2, 0.25) is 0 Å². The summed E-state index contributed by atoms with van der Waals surface area (Å²) in [4.78, 5) is 0. The van der Waals surface area contributed by atoms with Gasteiger partial charge in [0.25, 0.3) is 0 Å². The molecule has 0 nitrogen and oxygen atoms in total. The zero-order valence-electron chi connectivity index (χ0n) is 10.6. The maximum Gasteiger partial charge on any atom is 0.0625 e. The maximum absolute atomic E-state index is 6.49. The number of hydrogen-bond acceptors (Lipinski definition) is 0. The molecule has 0 aliphatic rings. The molecule has 1 atom stereocenters. The van der Waals surface area contributed by atoms with Crippen LogP contribution in [0.1, 0.15) is 16.5 Å². The zero-order chi connectivity index (χ0) is 13.1. The number of halogens is 1. The smallest absolute Gasteiger partial charge is 0.0625 e. The fraction of sp³-hybridized carbons (Fsp3) is 0.111. The summed E-state index contributed by atoms with van der Waals surface area (Å²) in [6.45, 7) is 0. The summed E-state index contributed by atoms with van der Waals surface area (Å²) in [5, 5.41) is 2.58. The average molecular weight is 267 g/mol. The lowest BCUT2D eigenvalue weighted by molar-refractivity contribution is 0.922. The van der Waals surface area contributed by atoms with Gasteiger partial charge >= 0.3 is 0 Å². The first-order valence-electron chi connectivity index (χ1n) is 6.49. The predicted octanol–water partition coefficient (Wildman–Crippen LogP) is 5.36. The summed E-state index contributed by atoms with van der Waals surface area (Å²) in [6.07, 6.45) is 0.858. The van der Waals surface area contributed by atoms with E-state index in [-0.39, 0.29) is 5.38 Å². The van der Waals surface area contributed by atoms with Crippen LogP contribution in [0.5, 0.6) is 0 Å². The first-order valence-corrected chi connectivity index (χ1v) is 6.93. The molecule has 0 aliphatic heterocycles. The summed E-state index contributed by atoms with van der Waals surface area (Å²) >= 11 is 6.49. The van der Waals surface area contributed by atoms with E-state index < -0.39 is 0 Å². The molecule has 0 aliphatic carbocycles. The molecule has 0 heterocycles. The van der Waals surface area contributed by atoms with Gasteiger partial charge in [-0.3, -0.25) is 0 Å². The Morgan fingerprint density at radius 2 is 1.42 bits per heavy atom. The van der Waals surface area contributed by atoms with Gasteiger partial charge in [-0.05, 0) is 28.3 Å². The van der Waals surface area contributed by atoms with Crippen LogP contribution in [0.25, 0.3) is 10.8 Å². The van der Waals surface area contributed by atoms with Gasteiger partial charge in [0.05, 0.1) is 5.38 Å². The maximum atomic E-state index is 6.49. The van der Waals surface area contributed by atoms with Gasteiger partial charge in [-0.2, -0.15) is 0 Å². The van der Waals surface area contributed by atoms with Crippen LogP contribution >= 0.6 is 11.6 Å². The Morgan fingerprint density at radius 3 is 2.21 bits per heavy atom. The molecule has 1 heteroatoms. The lowest BCUT2D eigenvalue weighted by Gasteiger charge is -2.10. The third kappa shape index (κ3) is 2.80. The van der Waals surface area contributed by atoms with E-state index in [4.69, 9.17) is 11.6 Å². The molecule has 3 aromatic carbocycles. The molecule has 0 saturated heterocycles. The standard InChI is InChI=1S/C18H15Cl/c19-18(16-7-2-1-3-8-16)13-14-10-11-15-6-4-5-9-17(15)12-14/h1-12,18H,13H2. The van der Waals surface area contributed by atoms with Gasteiger partial charge < -0.3 is 0 Å². The predicted molar refractivity (Wildman–Crippen MR) is 82.7 cm³/mol. The van der Waals surface area contributed by atoms with Crippen molar-refractivity contribution < 1.29 is 0 Å². The SMILES string of the molecule is ClC(Cc1ccc2ccccc2c1)c1ccccc1. The highest BCUT2D eigenvalue weighted by Gasteiger charge is 2.08. The normalized spacial score (nSPS) is 12.5. The minimum Gasteiger partial charge on any atom is -0.117 e.